The number of aliphatic hydroxyl groups excluding tert-OH is 1. The molecule has 1 aliphatic carbocycles. The second-order valence-corrected chi connectivity index (χ2v) is 12.6. The summed E-state index contributed by atoms with van der Waals surface area (Å²) in [6.45, 7) is 5.48. The van der Waals surface area contributed by atoms with Crippen molar-refractivity contribution in [3.8, 4) is 11.8 Å². The second kappa shape index (κ2) is 16.0. The molecular weight excluding hydrogens is 636 g/mol. The van der Waals surface area contributed by atoms with Crippen LogP contribution < -0.4 is 20.7 Å². The molecule has 2 atom stereocenters. The van der Waals surface area contributed by atoms with Crippen molar-refractivity contribution in [3.05, 3.63) is 41.6 Å². The topological polar surface area (TPSA) is 236 Å². The van der Waals surface area contributed by atoms with Crippen molar-refractivity contribution in [1.29, 1.82) is 5.26 Å². The molecule has 1 saturated heterocycles. The SMILES string of the molecule is CC(=NCC(NC(=O)O)C(=O)NCCCOc1ccc2ncnc(C(=O)NCC(=O)N3CCCC3C#N)c2c1)C1=C(O)CC(C)(C)CC1=O. The molecule has 2 aromatic rings. The Morgan fingerprint density at radius 1 is 1.20 bits per heavy atom. The summed E-state index contributed by atoms with van der Waals surface area (Å²) in [5.41, 5.74) is 0.466. The molecule has 1 fully saturated rings. The van der Waals surface area contributed by atoms with Gasteiger partial charge in [-0.15, -0.1) is 0 Å². The normalized spacial score (nSPS) is 18.1. The van der Waals surface area contributed by atoms with Gasteiger partial charge in [0, 0.05) is 37.0 Å². The van der Waals surface area contributed by atoms with E-state index in [9.17, 15) is 39.4 Å². The highest BCUT2D eigenvalue weighted by atomic mass is 16.5. The number of fused-ring (bicyclic) bond motifs is 1. The maximum atomic E-state index is 12.9. The summed E-state index contributed by atoms with van der Waals surface area (Å²) in [4.78, 5) is 76.2. The largest absolute Gasteiger partial charge is 0.511 e. The molecule has 16 nitrogen and oxygen atoms in total. The van der Waals surface area contributed by atoms with E-state index in [0.29, 0.717) is 42.5 Å². The van der Waals surface area contributed by atoms with Crippen LogP contribution in [0.1, 0.15) is 63.4 Å². The molecule has 0 spiro atoms. The van der Waals surface area contributed by atoms with Gasteiger partial charge in [0.25, 0.3) is 5.91 Å². The number of nitriles is 1. The molecule has 0 radical (unpaired) electrons. The molecule has 1 aromatic heterocycles. The maximum absolute atomic E-state index is 12.9. The molecule has 4 rings (SSSR count). The van der Waals surface area contributed by atoms with E-state index in [-0.39, 0.29) is 72.5 Å². The van der Waals surface area contributed by atoms with Crippen LogP contribution in [0.2, 0.25) is 0 Å². The van der Waals surface area contributed by atoms with Crippen molar-refractivity contribution >= 4 is 46.2 Å². The van der Waals surface area contributed by atoms with Crippen LogP contribution in [-0.4, -0.2) is 105 Å². The number of aliphatic hydroxyl groups is 1. The van der Waals surface area contributed by atoms with Crippen molar-refractivity contribution in [2.45, 2.75) is 65.0 Å². The third kappa shape index (κ3) is 9.49. The lowest BCUT2D eigenvalue weighted by molar-refractivity contribution is -0.130. The number of Topliss-reactive ketones (excluding diaryl/α,β-unsaturated/α-hetero) is 1. The number of nitrogens with zero attached hydrogens (tertiary/aromatic N) is 5. The molecule has 1 aromatic carbocycles. The number of nitrogens with one attached hydrogen (secondary N) is 3. The number of likely N-dealkylation sites (tertiary alicyclic amines) is 1. The van der Waals surface area contributed by atoms with Crippen LogP contribution in [0.5, 0.6) is 5.75 Å². The van der Waals surface area contributed by atoms with Gasteiger partial charge in [-0.2, -0.15) is 5.26 Å². The Morgan fingerprint density at radius 3 is 2.69 bits per heavy atom. The van der Waals surface area contributed by atoms with Gasteiger partial charge in [-0.1, -0.05) is 13.8 Å². The number of benzene rings is 1. The Morgan fingerprint density at radius 2 is 1.98 bits per heavy atom. The van der Waals surface area contributed by atoms with Crippen molar-refractivity contribution in [3.63, 3.8) is 0 Å². The van der Waals surface area contributed by atoms with Crippen LogP contribution in [0, 0.1) is 16.7 Å². The van der Waals surface area contributed by atoms with Gasteiger partial charge in [-0.25, -0.2) is 14.8 Å². The molecule has 49 heavy (non-hydrogen) atoms. The number of carbonyl (C=O) groups is 5. The fourth-order valence-corrected chi connectivity index (χ4v) is 5.79. The van der Waals surface area contributed by atoms with Gasteiger partial charge in [0.15, 0.2) is 5.78 Å². The monoisotopic (exact) mass is 676 g/mol. The van der Waals surface area contributed by atoms with Crippen molar-refractivity contribution in [2.75, 3.05) is 32.8 Å². The Bertz CT molecular complexity index is 1730. The fourth-order valence-electron chi connectivity index (χ4n) is 5.79. The number of aromatic nitrogens is 2. The molecular formula is C33H40N8O8. The van der Waals surface area contributed by atoms with Crippen LogP contribution in [-0.2, 0) is 14.4 Å². The molecule has 16 heteroatoms. The van der Waals surface area contributed by atoms with Crippen molar-refractivity contribution in [2.24, 2.45) is 10.4 Å². The van der Waals surface area contributed by atoms with Crippen LogP contribution in [0.25, 0.3) is 10.9 Å². The second-order valence-electron chi connectivity index (χ2n) is 12.6. The number of allylic oxidation sites excluding steroid dienone is 2. The number of hydrogen-bond donors (Lipinski definition) is 5. The van der Waals surface area contributed by atoms with Gasteiger partial charge >= 0.3 is 6.09 Å². The average Bonchev–Trinajstić information content (AvgIpc) is 3.53. The van der Waals surface area contributed by atoms with E-state index in [1.54, 1.807) is 18.2 Å². The van der Waals surface area contributed by atoms with E-state index >= 15 is 0 Å². The number of carboxylic acid groups (broad SMARTS) is 1. The molecule has 2 aliphatic rings. The summed E-state index contributed by atoms with van der Waals surface area (Å²) in [5.74, 6) is -1.49. The first-order valence-corrected chi connectivity index (χ1v) is 15.9. The molecule has 1 aliphatic heterocycles. The molecule has 2 heterocycles. The van der Waals surface area contributed by atoms with Gasteiger partial charge in [0.1, 0.15) is 35.6 Å². The summed E-state index contributed by atoms with van der Waals surface area (Å²) in [5, 5.41) is 36.6. The predicted octanol–water partition coefficient (Wildman–Crippen LogP) is 2.06. The highest BCUT2D eigenvalue weighted by molar-refractivity contribution is 6.22. The van der Waals surface area contributed by atoms with Crippen molar-refractivity contribution in [1.82, 2.24) is 30.8 Å². The summed E-state index contributed by atoms with van der Waals surface area (Å²) >= 11 is 0. The van der Waals surface area contributed by atoms with E-state index in [0.717, 1.165) is 6.42 Å². The summed E-state index contributed by atoms with van der Waals surface area (Å²) in [6, 6.07) is 5.27. The average molecular weight is 677 g/mol. The van der Waals surface area contributed by atoms with E-state index in [4.69, 9.17) is 4.74 Å². The van der Waals surface area contributed by atoms with E-state index in [2.05, 4.69) is 37.0 Å². The lowest BCUT2D eigenvalue weighted by Gasteiger charge is -2.29. The van der Waals surface area contributed by atoms with Gasteiger partial charge in [0.05, 0.1) is 36.9 Å². The highest BCUT2D eigenvalue weighted by Crippen LogP contribution is 2.36. The van der Waals surface area contributed by atoms with Gasteiger partial charge < -0.3 is 35.8 Å². The Labute approximate surface area is 282 Å². The first-order chi connectivity index (χ1) is 23.3. The van der Waals surface area contributed by atoms with Crippen LogP contribution in [0.4, 0.5) is 4.79 Å². The van der Waals surface area contributed by atoms with E-state index < -0.39 is 30.0 Å². The lowest BCUT2D eigenvalue weighted by atomic mass is 9.76. The zero-order valence-electron chi connectivity index (χ0n) is 27.6. The van der Waals surface area contributed by atoms with Crippen LogP contribution >= 0.6 is 0 Å². The van der Waals surface area contributed by atoms with E-state index in [1.807, 2.05) is 13.8 Å². The first-order valence-electron chi connectivity index (χ1n) is 15.9. The minimum Gasteiger partial charge on any atom is -0.511 e. The third-order valence-corrected chi connectivity index (χ3v) is 8.17. The number of rotatable bonds is 13. The zero-order chi connectivity index (χ0) is 35.7. The molecule has 0 bridgehead atoms. The molecule has 5 N–H and O–H groups in total. The zero-order valence-corrected chi connectivity index (χ0v) is 27.6. The lowest BCUT2D eigenvalue weighted by Crippen LogP contribution is -2.48. The standard InChI is InChI=1S/C33H40N8O8/c1-19(28-25(42)13-33(2,3)14-26(28)43)36-16-24(40-32(47)48)30(45)35-9-5-11-49-21-7-8-23-22(12-21)29(39-18-38-23)31(46)37-17-27(44)41-10-4-6-20(41)15-34/h7-8,12,18,20,24,40,42H,4-6,9-11,13-14,16-17H2,1-3H3,(H,35,45)(H,37,46)(H,47,48). The molecule has 2 unspecified atom stereocenters. The number of amides is 4. The van der Waals surface area contributed by atoms with Gasteiger partial charge in [0.2, 0.25) is 11.8 Å². The molecule has 0 saturated carbocycles. The van der Waals surface area contributed by atoms with Crippen LogP contribution in [0.15, 0.2) is 40.9 Å². The minimum atomic E-state index is -1.42. The predicted molar refractivity (Wildman–Crippen MR) is 176 cm³/mol. The number of ketones is 1. The third-order valence-electron chi connectivity index (χ3n) is 8.17. The maximum Gasteiger partial charge on any atom is 0.405 e. The molecule has 4 amide bonds. The summed E-state index contributed by atoms with van der Waals surface area (Å²) < 4.78 is 5.80. The number of carbonyl (C=O) groups excluding carboxylic acids is 4. The minimum absolute atomic E-state index is 0.0480. The first kappa shape index (κ1) is 36.2. The quantitative estimate of drug-likeness (QED) is 0.152. The van der Waals surface area contributed by atoms with Gasteiger partial charge in [-0.3, -0.25) is 24.2 Å². The smallest absolute Gasteiger partial charge is 0.405 e. The van der Waals surface area contributed by atoms with Crippen LogP contribution in [0.3, 0.4) is 0 Å². The number of ether oxygens (including phenoxy) is 1. The summed E-state index contributed by atoms with van der Waals surface area (Å²) in [6.07, 6.45) is 2.03. The fraction of sp³-hybridized carbons (Fsp3) is 0.485. The van der Waals surface area contributed by atoms with Crippen molar-refractivity contribution < 1.29 is 38.9 Å². The molecule has 260 valence electrons. The Hall–Kier alpha value is -5.59. The number of hydrogen-bond acceptors (Lipinski definition) is 11. The number of aliphatic imine (C=N–C) groups is 1. The van der Waals surface area contributed by atoms with Gasteiger partial charge in [-0.05, 0) is 49.8 Å². The summed E-state index contributed by atoms with van der Waals surface area (Å²) in [7, 11) is 0. The Balaban J connectivity index is 1.29. The van der Waals surface area contributed by atoms with E-state index in [1.165, 1.54) is 18.2 Å². The highest BCUT2D eigenvalue weighted by Gasteiger charge is 2.34. The Kier molecular flexibility index (Phi) is 11.8.